The highest BCUT2D eigenvalue weighted by Gasteiger charge is 2.22. The number of unbranched alkanes of at least 4 members (excludes halogenated alkanes) is 2. The topological polar surface area (TPSA) is 171 Å². The van der Waals surface area contributed by atoms with Gasteiger partial charge in [0.05, 0.1) is 6.61 Å². The zero-order chi connectivity index (χ0) is 23.9. The van der Waals surface area contributed by atoms with E-state index in [1.165, 1.54) is 18.2 Å². The summed E-state index contributed by atoms with van der Waals surface area (Å²) >= 11 is 0. The van der Waals surface area contributed by atoms with Gasteiger partial charge in [0.2, 0.25) is 11.8 Å². The first-order valence-corrected chi connectivity index (χ1v) is 10.3. The number of benzene rings is 1. The molecule has 1 aromatic carbocycles. The standard InChI is InChI=1S/C21H30N2O9/c1-2-3-4-9-22-20(27)16(23-18(24)6-5-10-32-30)12-14-7-8-17(31-13-19(25)26)15(11-14)21(28)29/h7-8,11,16,30H,2-6,9-10,12-13H2,1H3,(H,22,27)(H,23,24)(H,25,26)(H,28,29)/t16-/m0/s1. The van der Waals surface area contributed by atoms with E-state index in [0.717, 1.165) is 19.3 Å². The van der Waals surface area contributed by atoms with Crippen molar-refractivity contribution in [1.82, 2.24) is 10.6 Å². The molecule has 0 spiro atoms. The lowest BCUT2D eigenvalue weighted by atomic mass is 10.0. The van der Waals surface area contributed by atoms with Crippen LogP contribution in [0.4, 0.5) is 0 Å². The summed E-state index contributed by atoms with van der Waals surface area (Å²) in [6, 6.07) is 3.15. The third-order valence-electron chi connectivity index (χ3n) is 4.44. The highest BCUT2D eigenvalue weighted by molar-refractivity contribution is 5.91. The number of carbonyl (C=O) groups is 4. The van der Waals surface area contributed by atoms with Crippen molar-refractivity contribution in [2.45, 2.75) is 51.5 Å². The third-order valence-corrected chi connectivity index (χ3v) is 4.44. The minimum atomic E-state index is -1.32. The summed E-state index contributed by atoms with van der Waals surface area (Å²) in [6.07, 6.45) is 3.01. The molecular weight excluding hydrogens is 424 g/mol. The number of hydrogen-bond acceptors (Lipinski definition) is 7. The molecule has 0 fully saturated rings. The van der Waals surface area contributed by atoms with Crippen molar-refractivity contribution in [1.29, 1.82) is 0 Å². The Hall–Kier alpha value is -3.18. The van der Waals surface area contributed by atoms with Crippen LogP contribution in [-0.2, 0) is 25.7 Å². The Balaban J connectivity index is 2.96. The normalized spacial score (nSPS) is 11.4. The second-order valence-electron chi connectivity index (χ2n) is 7.08. The van der Waals surface area contributed by atoms with Crippen LogP contribution in [0, 0.1) is 0 Å². The van der Waals surface area contributed by atoms with E-state index in [1.54, 1.807) is 0 Å². The highest BCUT2D eigenvalue weighted by atomic mass is 17.1. The lowest BCUT2D eigenvalue weighted by Crippen LogP contribution is -2.48. The Morgan fingerprint density at radius 3 is 2.47 bits per heavy atom. The predicted molar refractivity (Wildman–Crippen MR) is 113 cm³/mol. The molecule has 0 aliphatic carbocycles. The Kier molecular flexibility index (Phi) is 12.4. The van der Waals surface area contributed by atoms with E-state index in [9.17, 15) is 24.3 Å². The van der Waals surface area contributed by atoms with E-state index in [0.29, 0.717) is 12.1 Å². The molecule has 2 amide bonds. The molecule has 0 unspecified atom stereocenters. The van der Waals surface area contributed by atoms with Crippen molar-refractivity contribution in [2.24, 2.45) is 0 Å². The molecule has 0 saturated heterocycles. The van der Waals surface area contributed by atoms with Crippen LogP contribution >= 0.6 is 0 Å². The van der Waals surface area contributed by atoms with Crippen molar-refractivity contribution in [2.75, 3.05) is 19.8 Å². The van der Waals surface area contributed by atoms with E-state index in [1.807, 2.05) is 6.92 Å². The van der Waals surface area contributed by atoms with Crippen LogP contribution in [-0.4, -0.2) is 65.0 Å². The number of carboxylic acids is 2. The molecule has 11 heteroatoms. The van der Waals surface area contributed by atoms with Gasteiger partial charge in [0.15, 0.2) is 6.61 Å². The van der Waals surface area contributed by atoms with Crippen LogP contribution in [0.5, 0.6) is 5.75 Å². The first-order valence-electron chi connectivity index (χ1n) is 10.3. The Morgan fingerprint density at radius 1 is 1.09 bits per heavy atom. The van der Waals surface area contributed by atoms with Crippen LogP contribution in [0.3, 0.4) is 0 Å². The SMILES string of the molecule is CCCCCNC(=O)[C@H](Cc1ccc(OCC(=O)O)c(C(=O)O)c1)NC(=O)CCCOO. The van der Waals surface area contributed by atoms with E-state index in [-0.39, 0.29) is 37.2 Å². The minimum absolute atomic E-state index is 0.0152. The average molecular weight is 454 g/mol. The number of hydrogen-bond donors (Lipinski definition) is 5. The summed E-state index contributed by atoms with van der Waals surface area (Å²) in [4.78, 5) is 51.0. The molecule has 0 heterocycles. The van der Waals surface area contributed by atoms with Crippen LogP contribution in [0.25, 0.3) is 0 Å². The number of ether oxygens (including phenoxy) is 1. The zero-order valence-electron chi connectivity index (χ0n) is 18.0. The summed E-state index contributed by atoms with van der Waals surface area (Å²) in [5.41, 5.74) is 0.190. The van der Waals surface area contributed by atoms with Gasteiger partial charge in [-0.15, -0.1) is 0 Å². The van der Waals surface area contributed by atoms with Gasteiger partial charge in [0.1, 0.15) is 17.4 Å². The molecule has 0 aliphatic rings. The van der Waals surface area contributed by atoms with Crippen molar-refractivity contribution in [3.05, 3.63) is 29.3 Å². The summed E-state index contributed by atoms with van der Waals surface area (Å²) in [5, 5.41) is 31.9. The van der Waals surface area contributed by atoms with E-state index in [4.69, 9.17) is 15.1 Å². The Bertz CT molecular complexity index is 783. The molecule has 11 nitrogen and oxygen atoms in total. The number of nitrogens with one attached hydrogen (secondary N) is 2. The largest absolute Gasteiger partial charge is 0.481 e. The van der Waals surface area contributed by atoms with Gasteiger partial charge in [0.25, 0.3) is 0 Å². The fourth-order valence-corrected chi connectivity index (χ4v) is 2.86. The number of rotatable bonds is 16. The van der Waals surface area contributed by atoms with Gasteiger partial charge in [-0.05, 0) is 30.5 Å². The van der Waals surface area contributed by atoms with E-state index < -0.39 is 36.4 Å². The second-order valence-corrected chi connectivity index (χ2v) is 7.08. The van der Waals surface area contributed by atoms with Gasteiger partial charge in [0, 0.05) is 19.4 Å². The zero-order valence-corrected chi connectivity index (χ0v) is 18.0. The maximum atomic E-state index is 12.6. The Labute approximate surface area is 185 Å². The number of aromatic carboxylic acids is 1. The summed E-state index contributed by atoms with van der Waals surface area (Å²) in [6.45, 7) is 1.75. The minimum Gasteiger partial charge on any atom is -0.481 e. The van der Waals surface area contributed by atoms with Gasteiger partial charge in [-0.3, -0.25) is 14.8 Å². The van der Waals surface area contributed by atoms with Crippen molar-refractivity contribution < 1.29 is 44.3 Å². The average Bonchev–Trinajstić information content (AvgIpc) is 2.75. The summed E-state index contributed by atoms with van der Waals surface area (Å²) in [7, 11) is 0. The van der Waals surface area contributed by atoms with Crippen LogP contribution < -0.4 is 15.4 Å². The molecule has 1 aromatic rings. The van der Waals surface area contributed by atoms with Gasteiger partial charge in [-0.2, -0.15) is 0 Å². The molecule has 32 heavy (non-hydrogen) atoms. The van der Waals surface area contributed by atoms with Crippen molar-refractivity contribution in [3.63, 3.8) is 0 Å². The first kappa shape index (κ1) is 26.9. The Morgan fingerprint density at radius 2 is 1.84 bits per heavy atom. The molecule has 5 N–H and O–H groups in total. The van der Waals surface area contributed by atoms with E-state index >= 15 is 0 Å². The van der Waals surface area contributed by atoms with Gasteiger partial charge < -0.3 is 25.6 Å². The maximum absolute atomic E-state index is 12.6. The molecule has 0 radical (unpaired) electrons. The third kappa shape index (κ3) is 10.2. The quantitative estimate of drug-likeness (QED) is 0.141. The molecule has 0 aliphatic heterocycles. The van der Waals surface area contributed by atoms with Crippen LogP contribution in [0.2, 0.25) is 0 Å². The number of aliphatic carboxylic acids is 1. The number of carboxylic acid groups (broad SMARTS) is 2. The van der Waals surface area contributed by atoms with Crippen LogP contribution in [0.15, 0.2) is 18.2 Å². The molecule has 1 atom stereocenters. The lowest BCUT2D eigenvalue weighted by Gasteiger charge is -2.19. The molecular formula is C21H30N2O9. The fraction of sp³-hybridized carbons (Fsp3) is 0.524. The monoisotopic (exact) mass is 454 g/mol. The molecule has 1 rings (SSSR count). The second kappa shape index (κ2) is 14.8. The number of carbonyl (C=O) groups excluding carboxylic acids is 2. The fourth-order valence-electron chi connectivity index (χ4n) is 2.86. The summed E-state index contributed by atoms with van der Waals surface area (Å²) in [5.74, 6) is -3.51. The summed E-state index contributed by atoms with van der Waals surface area (Å²) < 4.78 is 5.00. The predicted octanol–water partition coefficient (Wildman–Crippen LogP) is 1.45. The molecule has 0 bridgehead atoms. The molecule has 0 saturated carbocycles. The first-order chi connectivity index (χ1) is 15.3. The number of amides is 2. The lowest BCUT2D eigenvalue weighted by molar-refractivity contribution is -0.242. The van der Waals surface area contributed by atoms with Gasteiger partial charge in [-0.25, -0.2) is 14.5 Å². The highest BCUT2D eigenvalue weighted by Crippen LogP contribution is 2.21. The molecule has 178 valence electrons. The molecule has 0 aromatic heterocycles. The maximum Gasteiger partial charge on any atom is 0.341 e. The van der Waals surface area contributed by atoms with E-state index in [2.05, 4.69) is 15.5 Å². The van der Waals surface area contributed by atoms with Gasteiger partial charge >= 0.3 is 11.9 Å². The van der Waals surface area contributed by atoms with Gasteiger partial charge in [-0.1, -0.05) is 25.8 Å². The van der Waals surface area contributed by atoms with Crippen molar-refractivity contribution in [3.8, 4) is 5.75 Å². The smallest absolute Gasteiger partial charge is 0.341 e. The van der Waals surface area contributed by atoms with Crippen LogP contribution in [0.1, 0.15) is 54.9 Å². The van der Waals surface area contributed by atoms with Crippen molar-refractivity contribution >= 4 is 23.8 Å².